The van der Waals surface area contributed by atoms with Crippen LogP contribution in [0.4, 0.5) is 14.5 Å². The summed E-state index contributed by atoms with van der Waals surface area (Å²) in [7, 11) is 0. The molecule has 0 aliphatic carbocycles. The molecule has 0 spiro atoms. The number of esters is 1. The minimum atomic E-state index is -1.78. The Hall–Kier alpha value is -4.64. The molecule has 0 aromatic heterocycles. The molecular formula is C28H26F2N4O5. The summed E-state index contributed by atoms with van der Waals surface area (Å²) in [5.74, 6) is -5.77. The van der Waals surface area contributed by atoms with Gasteiger partial charge < -0.3 is 15.8 Å². The third-order valence-electron chi connectivity index (χ3n) is 6.27. The Bertz CT molecular complexity index is 1430. The lowest BCUT2D eigenvalue weighted by Crippen LogP contribution is -2.54. The van der Waals surface area contributed by atoms with Gasteiger partial charge in [-0.15, -0.1) is 0 Å². The highest BCUT2D eigenvalue weighted by molar-refractivity contribution is 6.07. The second kappa shape index (κ2) is 11.4. The lowest BCUT2D eigenvalue weighted by atomic mass is 9.92. The zero-order chi connectivity index (χ0) is 28.3. The second-order valence-corrected chi connectivity index (χ2v) is 8.98. The van der Waals surface area contributed by atoms with Crippen LogP contribution in [0.25, 0.3) is 11.1 Å². The van der Waals surface area contributed by atoms with Crippen molar-refractivity contribution in [3.63, 3.8) is 0 Å². The predicted molar refractivity (Wildman–Crippen MR) is 138 cm³/mol. The average Bonchev–Trinajstić information content (AvgIpc) is 3.00. The Morgan fingerprint density at radius 2 is 1.59 bits per heavy atom. The number of nitrogens with zero attached hydrogens (tertiary/aromatic N) is 1. The number of ether oxygens (including phenoxy) is 1. The first kappa shape index (κ1) is 27.4. The molecule has 0 bridgehead atoms. The zero-order valence-corrected chi connectivity index (χ0v) is 21.1. The number of nitrogens with one attached hydrogen (secondary N) is 2. The van der Waals surface area contributed by atoms with Crippen molar-refractivity contribution in [2.24, 2.45) is 5.73 Å². The van der Waals surface area contributed by atoms with Gasteiger partial charge in [-0.25, -0.2) is 13.8 Å². The lowest BCUT2D eigenvalue weighted by Gasteiger charge is -2.27. The first-order valence-electron chi connectivity index (χ1n) is 12.1. The number of halogens is 2. The number of carbonyl (C=O) groups excluding carboxylic acids is 4. The normalized spacial score (nSPS) is 15.8. The van der Waals surface area contributed by atoms with E-state index in [2.05, 4.69) is 10.7 Å². The van der Waals surface area contributed by atoms with Crippen LogP contribution in [0, 0.1) is 11.6 Å². The fraction of sp³-hybridized carbons (Fsp3) is 0.214. The summed E-state index contributed by atoms with van der Waals surface area (Å²) >= 11 is 0. The van der Waals surface area contributed by atoms with Crippen molar-refractivity contribution in [1.82, 2.24) is 10.7 Å². The largest absolute Gasteiger partial charge is 0.446 e. The molecule has 1 aliphatic heterocycles. The number of para-hydroxylation sites is 1. The van der Waals surface area contributed by atoms with Crippen molar-refractivity contribution in [3.05, 3.63) is 89.5 Å². The number of carbonyl (C=O) groups is 4. The van der Waals surface area contributed by atoms with Crippen LogP contribution in [0.3, 0.4) is 0 Å². The van der Waals surface area contributed by atoms with Gasteiger partial charge in [0, 0.05) is 17.2 Å². The van der Waals surface area contributed by atoms with Gasteiger partial charge in [-0.2, -0.15) is 0 Å². The molecule has 4 N–H and O–H groups in total. The molecule has 11 heteroatoms. The molecule has 1 heterocycles. The Morgan fingerprint density at radius 3 is 2.26 bits per heavy atom. The van der Waals surface area contributed by atoms with Gasteiger partial charge in [0.1, 0.15) is 17.7 Å². The van der Waals surface area contributed by atoms with E-state index in [1.165, 1.54) is 6.92 Å². The molecule has 0 saturated carbocycles. The number of hydrogen-bond acceptors (Lipinski definition) is 6. The first-order chi connectivity index (χ1) is 18.6. The molecule has 0 radical (unpaired) electrons. The van der Waals surface area contributed by atoms with E-state index < -0.39 is 59.9 Å². The van der Waals surface area contributed by atoms with Crippen molar-refractivity contribution in [2.75, 3.05) is 11.6 Å². The van der Waals surface area contributed by atoms with Gasteiger partial charge in [0.15, 0.2) is 0 Å². The van der Waals surface area contributed by atoms with Crippen molar-refractivity contribution in [3.8, 4) is 11.1 Å². The van der Waals surface area contributed by atoms with Gasteiger partial charge >= 0.3 is 5.97 Å². The van der Waals surface area contributed by atoms with Crippen LogP contribution in [0.5, 0.6) is 0 Å². The van der Waals surface area contributed by atoms with E-state index in [4.69, 9.17) is 10.5 Å². The smallest absolute Gasteiger partial charge is 0.320 e. The number of hydrazine groups is 1. The Labute approximate surface area is 222 Å². The maximum atomic E-state index is 13.8. The molecule has 0 fully saturated rings. The van der Waals surface area contributed by atoms with E-state index in [-0.39, 0.29) is 5.56 Å². The maximum Gasteiger partial charge on any atom is 0.320 e. The molecule has 4 rings (SSSR count). The molecule has 2 unspecified atom stereocenters. The van der Waals surface area contributed by atoms with Crippen LogP contribution >= 0.6 is 0 Å². The minimum Gasteiger partial charge on any atom is -0.446 e. The number of nitrogens with two attached hydrogens (primary N) is 1. The van der Waals surface area contributed by atoms with Crippen LogP contribution in [-0.2, 0) is 23.9 Å². The van der Waals surface area contributed by atoms with E-state index in [0.717, 1.165) is 33.8 Å². The lowest BCUT2D eigenvalue weighted by molar-refractivity contribution is -0.155. The number of rotatable bonds is 7. The van der Waals surface area contributed by atoms with E-state index in [1.807, 2.05) is 36.4 Å². The SMILES string of the molecule is CC1C(=O)N(NC(=O)[C@H](C)NC(=O)C(OC(=O)CN)c2cc(F)cc(F)c2)c2ccccc2-c2ccccc21. The van der Waals surface area contributed by atoms with Gasteiger partial charge in [0.05, 0.1) is 18.2 Å². The number of anilines is 1. The van der Waals surface area contributed by atoms with Gasteiger partial charge in [-0.1, -0.05) is 42.5 Å². The van der Waals surface area contributed by atoms with E-state index in [0.29, 0.717) is 11.8 Å². The number of hydrogen-bond donors (Lipinski definition) is 3. The average molecular weight is 537 g/mol. The van der Waals surface area contributed by atoms with Crippen molar-refractivity contribution in [2.45, 2.75) is 31.9 Å². The Kier molecular flexibility index (Phi) is 8.01. The van der Waals surface area contributed by atoms with Crippen LogP contribution in [0.15, 0.2) is 66.7 Å². The Morgan fingerprint density at radius 1 is 0.974 bits per heavy atom. The highest BCUT2D eigenvalue weighted by atomic mass is 19.1. The van der Waals surface area contributed by atoms with Crippen LogP contribution in [0.1, 0.15) is 37.0 Å². The predicted octanol–water partition coefficient (Wildman–Crippen LogP) is 2.86. The summed E-state index contributed by atoms with van der Waals surface area (Å²) in [5.41, 5.74) is 10.3. The summed E-state index contributed by atoms with van der Waals surface area (Å²) in [6.07, 6.45) is -1.78. The molecule has 3 aromatic rings. The number of amides is 3. The summed E-state index contributed by atoms with van der Waals surface area (Å²) in [6.45, 7) is 2.48. The fourth-order valence-corrected chi connectivity index (χ4v) is 4.32. The van der Waals surface area contributed by atoms with Crippen molar-refractivity contribution < 1.29 is 32.7 Å². The standard InChI is InChI=1S/C28H26F2N4O5/c1-15-20-7-3-4-8-21(20)22-9-5-6-10-23(22)34(28(15)38)33-26(36)16(2)32-27(37)25(39-24(35)14-31)17-11-18(29)13-19(30)12-17/h3-13,15-16,25H,14,31H2,1-2H3,(H,32,37)(H,33,36)/t15?,16-,25?/m0/s1. The topological polar surface area (TPSA) is 131 Å². The summed E-state index contributed by atoms with van der Waals surface area (Å²) in [5, 5.41) is 3.50. The van der Waals surface area contributed by atoms with Crippen molar-refractivity contribution >= 4 is 29.4 Å². The molecule has 3 aromatic carbocycles. The molecule has 3 atom stereocenters. The van der Waals surface area contributed by atoms with Crippen LogP contribution in [0.2, 0.25) is 0 Å². The summed E-state index contributed by atoms with van der Waals surface area (Å²) < 4.78 is 32.6. The van der Waals surface area contributed by atoms with Gasteiger partial charge in [0.2, 0.25) is 6.10 Å². The highest BCUT2D eigenvalue weighted by Gasteiger charge is 2.34. The van der Waals surface area contributed by atoms with Gasteiger partial charge in [-0.3, -0.25) is 24.6 Å². The molecular weight excluding hydrogens is 510 g/mol. The minimum absolute atomic E-state index is 0.289. The quantitative estimate of drug-likeness (QED) is 0.398. The van der Waals surface area contributed by atoms with Crippen LogP contribution in [-0.4, -0.2) is 36.3 Å². The number of fused-ring (bicyclic) bond motifs is 3. The molecule has 0 saturated heterocycles. The molecule has 9 nitrogen and oxygen atoms in total. The fourth-order valence-electron chi connectivity index (χ4n) is 4.32. The van der Waals surface area contributed by atoms with Gasteiger partial charge in [-0.05, 0) is 43.2 Å². The monoisotopic (exact) mass is 536 g/mol. The second-order valence-electron chi connectivity index (χ2n) is 8.98. The number of benzene rings is 3. The van der Waals surface area contributed by atoms with Crippen molar-refractivity contribution in [1.29, 1.82) is 0 Å². The summed E-state index contributed by atoms with van der Waals surface area (Å²) in [6, 6.07) is 15.5. The molecule has 1 aliphatic rings. The molecule has 39 heavy (non-hydrogen) atoms. The van der Waals surface area contributed by atoms with E-state index >= 15 is 0 Å². The van der Waals surface area contributed by atoms with Crippen LogP contribution < -0.4 is 21.5 Å². The summed E-state index contributed by atoms with van der Waals surface area (Å²) in [4.78, 5) is 51.5. The zero-order valence-electron chi connectivity index (χ0n) is 21.1. The van der Waals surface area contributed by atoms with E-state index in [1.54, 1.807) is 19.1 Å². The first-order valence-corrected chi connectivity index (χ1v) is 12.1. The third kappa shape index (κ3) is 5.78. The van der Waals surface area contributed by atoms with Gasteiger partial charge in [0.25, 0.3) is 17.7 Å². The Balaban J connectivity index is 1.57. The molecule has 3 amide bonds. The van der Waals surface area contributed by atoms with E-state index in [9.17, 15) is 28.0 Å². The maximum absolute atomic E-state index is 13.8. The highest BCUT2D eigenvalue weighted by Crippen LogP contribution is 2.40. The third-order valence-corrected chi connectivity index (χ3v) is 6.27. The molecule has 202 valence electrons.